The van der Waals surface area contributed by atoms with Crippen LogP contribution < -0.4 is 5.32 Å². The number of nitrogens with one attached hydrogen (secondary N) is 1. The van der Waals surface area contributed by atoms with Gasteiger partial charge >= 0.3 is 0 Å². The number of hydrogen-bond donors (Lipinski definition) is 1. The van der Waals surface area contributed by atoms with Crippen molar-refractivity contribution in [3.8, 4) is 0 Å². The lowest BCUT2D eigenvalue weighted by molar-refractivity contribution is 0.195. The van der Waals surface area contributed by atoms with Gasteiger partial charge in [-0.25, -0.2) is 0 Å². The number of nitrogens with zero attached hydrogens (tertiary/aromatic N) is 1. The van der Waals surface area contributed by atoms with E-state index < -0.39 is 0 Å². The molecule has 1 aromatic rings. The number of unbranched alkanes of at least 4 members (excludes halogenated alkanes) is 4. The molecule has 0 bridgehead atoms. The molecular weight excluding hydrogens is 436 g/mol. The largest absolute Gasteiger partial charge is 0.389 e. The summed E-state index contributed by atoms with van der Waals surface area (Å²) in [6.45, 7) is 25.0. The molecule has 1 aliphatic carbocycles. The van der Waals surface area contributed by atoms with Gasteiger partial charge in [-0.05, 0) is 103 Å². The zero-order valence-corrected chi connectivity index (χ0v) is 23.6. The molecule has 1 aromatic carbocycles. The molecule has 1 N–H and O–H groups in total. The predicted molar refractivity (Wildman–Crippen MR) is 157 cm³/mol. The molecule has 0 radical (unpaired) electrons. The van der Waals surface area contributed by atoms with Gasteiger partial charge in [0.25, 0.3) is 0 Å². The third-order valence-electron chi connectivity index (χ3n) is 8.72. The Morgan fingerprint density at radius 2 is 1.78 bits per heavy atom. The molecule has 0 saturated heterocycles. The van der Waals surface area contributed by atoms with Crippen LogP contribution in [0.3, 0.4) is 0 Å². The van der Waals surface area contributed by atoms with E-state index in [-0.39, 0.29) is 5.41 Å². The normalized spacial score (nSPS) is 21.8. The summed E-state index contributed by atoms with van der Waals surface area (Å²) in [5.74, 6) is 0.589. The maximum atomic E-state index is 4.41. The minimum absolute atomic E-state index is 0.277. The van der Waals surface area contributed by atoms with E-state index in [9.17, 15) is 0 Å². The summed E-state index contributed by atoms with van der Waals surface area (Å²) >= 11 is 0. The van der Waals surface area contributed by atoms with Crippen LogP contribution >= 0.6 is 0 Å². The molecule has 2 nitrogen and oxygen atoms in total. The van der Waals surface area contributed by atoms with E-state index in [0.717, 1.165) is 29.8 Å². The summed E-state index contributed by atoms with van der Waals surface area (Å²) in [4.78, 5) is 2.60. The molecule has 0 amide bonds. The smallest absolute Gasteiger partial charge is 0.0491 e. The second-order valence-corrected chi connectivity index (χ2v) is 12.2. The Balaban J connectivity index is 1.56. The fraction of sp³-hybridized carbons (Fsp3) is 0.529. The average molecular weight is 485 g/mol. The van der Waals surface area contributed by atoms with Crippen molar-refractivity contribution in [3.05, 3.63) is 88.8 Å². The van der Waals surface area contributed by atoms with Crippen LogP contribution in [0.1, 0.15) is 108 Å². The Kier molecular flexibility index (Phi) is 8.03. The Labute approximate surface area is 220 Å². The zero-order chi connectivity index (χ0) is 26.0. The van der Waals surface area contributed by atoms with Gasteiger partial charge in [0.1, 0.15) is 0 Å². The second kappa shape index (κ2) is 10.9. The number of aryl methyl sites for hydroxylation is 2. The SMILES string of the molecule is C=C(C)NCCCCCCCc1cc2c(cc1CC)C1=CC(=C)C(C(=C)C)=CN1C1C2CCC1(C)C. The van der Waals surface area contributed by atoms with Crippen molar-refractivity contribution in [1.82, 2.24) is 10.2 Å². The second-order valence-electron chi connectivity index (χ2n) is 12.2. The molecule has 2 heteroatoms. The Morgan fingerprint density at radius 1 is 1.06 bits per heavy atom. The molecular formula is C34H48N2. The highest BCUT2D eigenvalue weighted by Gasteiger charge is 2.50. The first-order chi connectivity index (χ1) is 17.1. The van der Waals surface area contributed by atoms with E-state index in [2.05, 4.69) is 82.1 Å². The van der Waals surface area contributed by atoms with Crippen LogP contribution in [0.15, 0.2) is 66.6 Å². The molecule has 1 saturated carbocycles. The highest BCUT2D eigenvalue weighted by Crippen LogP contribution is 2.56. The van der Waals surface area contributed by atoms with Crippen molar-refractivity contribution >= 4 is 5.70 Å². The fourth-order valence-electron chi connectivity index (χ4n) is 6.79. The Morgan fingerprint density at radius 3 is 2.47 bits per heavy atom. The van der Waals surface area contributed by atoms with Crippen LogP contribution in [0.5, 0.6) is 0 Å². The van der Waals surface area contributed by atoms with Gasteiger partial charge in [-0.3, -0.25) is 0 Å². The van der Waals surface area contributed by atoms with Gasteiger partial charge in [0.05, 0.1) is 0 Å². The van der Waals surface area contributed by atoms with Crippen LogP contribution in [0, 0.1) is 5.41 Å². The van der Waals surface area contributed by atoms with Crippen molar-refractivity contribution in [2.45, 2.75) is 104 Å². The summed E-state index contributed by atoms with van der Waals surface area (Å²) in [5, 5.41) is 3.34. The Hall–Kier alpha value is -2.48. The summed E-state index contributed by atoms with van der Waals surface area (Å²) in [5.41, 5.74) is 12.2. The number of rotatable bonds is 11. The summed E-state index contributed by atoms with van der Waals surface area (Å²) in [7, 11) is 0. The van der Waals surface area contributed by atoms with Crippen molar-refractivity contribution in [3.63, 3.8) is 0 Å². The van der Waals surface area contributed by atoms with Gasteiger partial charge in [0, 0.05) is 41.7 Å². The third kappa shape index (κ3) is 5.29. The van der Waals surface area contributed by atoms with Crippen molar-refractivity contribution in [1.29, 1.82) is 0 Å². The number of allylic oxidation sites excluding steroid dienone is 5. The first-order valence-corrected chi connectivity index (χ1v) is 14.3. The van der Waals surface area contributed by atoms with Gasteiger partial charge in [-0.15, -0.1) is 0 Å². The van der Waals surface area contributed by atoms with Crippen molar-refractivity contribution in [2.24, 2.45) is 5.41 Å². The van der Waals surface area contributed by atoms with Crippen LogP contribution in [0.25, 0.3) is 5.70 Å². The number of hydrogen-bond acceptors (Lipinski definition) is 2. The summed E-state index contributed by atoms with van der Waals surface area (Å²) in [6.07, 6.45) is 16.0. The molecule has 2 aliphatic heterocycles. The monoisotopic (exact) mass is 484 g/mol. The van der Waals surface area contributed by atoms with Crippen molar-refractivity contribution < 1.29 is 0 Å². The molecule has 2 heterocycles. The molecule has 2 atom stereocenters. The molecule has 36 heavy (non-hydrogen) atoms. The van der Waals surface area contributed by atoms with E-state index in [0.29, 0.717) is 12.0 Å². The molecule has 2 unspecified atom stereocenters. The van der Waals surface area contributed by atoms with E-state index >= 15 is 0 Å². The lowest BCUT2D eigenvalue weighted by atomic mass is 9.74. The molecule has 194 valence electrons. The van der Waals surface area contributed by atoms with Gasteiger partial charge in [-0.1, -0.05) is 65.8 Å². The molecule has 3 aliphatic rings. The van der Waals surface area contributed by atoms with E-state index in [1.165, 1.54) is 73.8 Å². The van der Waals surface area contributed by atoms with E-state index in [1.807, 2.05) is 6.92 Å². The minimum Gasteiger partial charge on any atom is -0.389 e. The van der Waals surface area contributed by atoms with Crippen LogP contribution in [-0.4, -0.2) is 17.5 Å². The first kappa shape index (κ1) is 26.6. The van der Waals surface area contributed by atoms with Gasteiger partial charge < -0.3 is 10.2 Å². The standard InChI is InChI=1S/C34H48N2/c1-9-26-20-30-29(21-27(26)15-13-11-10-12-14-18-35-24(4)5)28-16-17-34(7,8)33(28)36-22-31(23(2)3)25(6)19-32(30)36/h19-22,28,33,35H,2,4,6,9-18H2,1,3,5,7-8H3. The van der Waals surface area contributed by atoms with Crippen LogP contribution in [0.4, 0.5) is 0 Å². The molecule has 0 spiro atoms. The van der Waals surface area contributed by atoms with E-state index in [1.54, 1.807) is 11.1 Å². The van der Waals surface area contributed by atoms with Gasteiger partial charge in [0.15, 0.2) is 0 Å². The lowest BCUT2D eigenvalue weighted by Crippen LogP contribution is -2.45. The van der Waals surface area contributed by atoms with Gasteiger partial charge in [0.2, 0.25) is 0 Å². The predicted octanol–water partition coefficient (Wildman–Crippen LogP) is 8.82. The molecule has 0 aromatic heterocycles. The minimum atomic E-state index is 0.277. The molecule has 4 rings (SSSR count). The van der Waals surface area contributed by atoms with E-state index in [4.69, 9.17) is 0 Å². The molecule has 1 fully saturated rings. The summed E-state index contributed by atoms with van der Waals surface area (Å²) in [6, 6.07) is 5.64. The highest BCUT2D eigenvalue weighted by molar-refractivity contribution is 5.78. The average Bonchev–Trinajstić information content (AvgIpc) is 3.15. The number of fused-ring (bicyclic) bond motifs is 6. The first-order valence-electron chi connectivity index (χ1n) is 14.3. The quantitative estimate of drug-likeness (QED) is 0.316. The maximum absolute atomic E-state index is 4.41. The maximum Gasteiger partial charge on any atom is 0.0491 e. The van der Waals surface area contributed by atoms with Gasteiger partial charge in [-0.2, -0.15) is 0 Å². The van der Waals surface area contributed by atoms with Crippen molar-refractivity contribution in [2.75, 3.05) is 6.54 Å². The Bertz CT molecular complexity index is 1100. The van der Waals surface area contributed by atoms with Crippen LogP contribution in [0.2, 0.25) is 0 Å². The number of benzene rings is 1. The summed E-state index contributed by atoms with van der Waals surface area (Å²) < 4.78 is 0. The third-order valence-corrected chi connectivity index (χ3v) is 8.72. The topological polar surface area (TPSA) is 15.3 Å². The van der Waals surface area contributed by atoms with Crippen LogP contribution in [-0.2, 0) is 12.8 Å². The zero-order valence-electron chi connectivity index (χ0n) is 23.6. The fourth-order valence-corrected chi connectivity index (χ4v) is 6.79. The lowest BCUT2D eigenvalue weighted by Gasteiger charge is -2.48. The highest BCUT2D eigenvalue weighted by atomic mass is 15.2.